The van der Waals surface area contributed by atoms with E-state index in [0.717, 1.165) is 41.2 Å². The number of hydrogen-bond acceptors (Lipinski definition) is 6. The molecule has 1 saturated heterocycles. The second-order valence-corrected chi connectivity index (χ2v) is 7.79. The lowest BCUT2D eigenvalue weighted by Crippen LogP contribution is -2.18. The van der Waals surface area contributed by atoms with Gasteiger partial charge < -0.3 is 15.6 Å². The molecule has 1 aliphatic heterocycles. The Bertz CT molecular complexity index is 874. The van der Waals surface area contributed by atoms with Crippen molar-refractivity contribution in [1.29, 1.82) is 0 Å². The molecule has 1 aromatic carbocycles. The van der Waals surface area contributed by atoms with E-state index in [1.165, 1.54) is 31.5 Å². The smallest absolute Gasteiger partial charge is 0.229 e. The molecule has 28 heavy (non-hydrogen) atoms. The lowest BCUT2D eigenvalue weighted by atomic mass is 10.2. The Hall–Kier alpha value is -2.45. The van der Waals surface area contributed by atoms with Crippen molar-refractivity contribution in [3.05, 3.63) is 58.7 Å². The molecule has 4 rings (SSSR count). The fraction of sp³-hybridized carbons (Fsp3) is 0.350. The molecule has 0 bridgehead atoms. The minimum absolute atomic E-state index is 0.567. The van der Waals surface area contributed by atoms with E-state index in [1.807, 2.05) is 6.20 Å². The summed E-state index contributed by atoms with van der Waals surface area (Å²) in [5.41, 5.74) is 3.34. The lowest BCUT2D eigenvalue weighted by Gasteiger charge is -2.15. The van der Waals surface area contributed by atoms with Gasteiger partial charge in [-0.15, -0.1) is 0 Å². The number of rotatable bonds is 8. The van der Waals surface area contributed by atoms with E-state index in [1.54, 1.807) is 12.5 Å². The zero-order valence-electron chi connectivity index (χ0n) is 15.7. The number of aromatic nitrogens is 4. The first-order valence-electron chi connectivity index (χ1n) is 9.59. The van der Waals surface area contributed by atoms with Gasteiger partial charge in [0, 0.05) is 37.6 Å². The van der Waals surface area contributed by atoms with Crippen LogP contribution in [0.4, 0.5) is 17.5 Å². The first kappa shape index (κ1) is 18.9. The Morgan fingerprint density at radius 3 is 2.68 bits per heavy atom. The van der Waals surface area contributed by atoms with Crippen LogP contribution in [0.3, 0.4) is 0 Å². The Morgan fingerprint density at radius 1 is 1.11 bits per heavy atom. The third-order valence-corrected chi connectivity index (χ3v) is 5.37. The summed E-state index contributed by atoms with van der Waals surface area (Å²) >= 11 is 3.50. The van der Waals surface area contributed by atoms with Gasteiger partial charge in [0.1, 0.15) is 5.82 Å². The number of halogens is 1. The van der Waals surface area contributed by atoms with Gasteiger partial charge in [-0.25, -0.2) is 9.97 Å². The van der Waals surface area contributed by atoms with Crippen LogP contribution >= 0.6 is 15.9 Å². The number of imidazole rings is 1. The molecular formula is C20H24BrN7. The maximum absolute atomic E-state index is 4.58. The topological polar surface area (TPSA) is 81.8 Å². The van der Waals surface area contributed by atoms with Crippen molar-refractivity contribution in [3.8, 4) is 0 Å². The molecule has 3 heterocycles. The number of H-pyrrole nitrogens is 1. The van der Waals surface area contributed by atoms with Crippen LogP contribution in [0.15, 0.2) is 47.5 Å². The van der Waals surface area contributed by atoms with Crippen LogP contribution in [0.25, 0.3) is 0 Å². The summed E-state index contributed by atoms with van der Waals surface area (Å²) in [4.78, 5) is 18.6. The molecule has 3 N–H and O–H groups in total. The summed E-state index contributed by atoms with van der Waals surface area (Å²) < 4.78 is 0.834. The number of nitrogens with zero attached hydrogens (tertiary/aromatic N) is 4. The largest absolute Gasteiger partial charge is 0.369 e. The molecule has 8 heteroatoms. The number of likely N-dealkylation sites (tertiary alicyclic amines) is 1. The van der Waals surface area contributed by atoms with Crippen molar-refractivity contribution in [2.45, 2.75) is 25.8 Å². The number of hydrogen-bond donors (Lipinski definition) is 3. The molecule has 7 nitrogen and oxygen atoms in total. The van der Waals surface area contributed by atoms with Crippen molar-refractivity contribution in [2.24, 2.45) is 0 Å². The minimum atomic E-state index is 0.567. The fourth-order valence-electron chi connectivity index (χ4n) is 3.31. The van der Waals surface area contributed by atoms with Crippen molar-refractivity contribution < 1.29 is 0 Å². The molecular weight excluding hydrogens is 418 g/mol. The second-order valence-electron chi connectivity index (χ2n) is 6.93. The van der Waals surface area contributed by atoms with E-state index >= 15 is 0 Å². The van der Waals surface area contributed by atoms with E-state index in [4.69, 9.17) is 0 Å². The zero-order valence-corrected chi connectivity index (χ0v) is 17.2. The van der Waals surface area contributed by atoms with Gasteiger partial charge in [0.05, 0.1) is 16.5 Å². The Kier molecular flexibility index (Phi) is 6.18. The van der Waals surface area contributed by atoms with Crippen LogP contribution in [-0.2, 0) is 13.0 Å². The van der Waals surface area contributed by atoms with E-state index in [9.17, 15) is 0 Å². The molecule has 146 valence electrons. The molecule has 2 aromatic heterocycles. The van der Waals surface area contributed by atoms with Gasteiger partial charge >= 0.3 is 0 Å². The maximum atomic E-state index is 4.58. The van der Waals surface area contributed by atoms with E-state index < -0.39 is 0 Å². The Labute approximate surface area is 173 Å². The summed E-state index contributed by atoms with van der Waals surface area (Å²) in [6.45, 7) is 4.19. The minimum Gasteiger partial charge on any atom is -0.369 e. The molecule has 1 aliphatic rings. The number of anilines is 3. The van der Waals surface area contributed by atoms with Crippen LogP contribution in [0.2, 0.25) is 0 Å². The Morgan fingerprint density at radius 2 is 1.93 bits per heavy atom. The van der Waals surface area contributed by atoms with Crippen LogP contribution in [-0.4, -0.2) is 44.5 Å². The monoisotopic (exact) mass is 441 g/mol. The summed E-state index contributed by atoms with van der Waals surface area (Å²) in [6, 6.07) is 8.51. The number of nitrogens with one attached hydrogen (secondary N) is 3. The number of benzene rings is 1. The lowest BCUT2D eigenvalue weighted by molar-refractivity contribution is 0.331. The van der Waals surface area contributed by atoms with Gasteiger partial charge in [-0.3, -0.25) is 4.90 Å². The van der Waals surface area contributed by atoms with Crippen LogP contribution in [0, 0.1) is 0 Å². The average molecular weight is 442 g/mol. The molecule has 0 atom stereocenters. The first-order chi connectivity index (χ1) is 13.8. The first-order valence-corrected chi connectivity index (χ1v) is 10.4. The molecule has 0 saturated carbocycles. The normalized spacial score (nSPS) is 14.3. The molecule has 0 radical (unpaired) electrons. The average Bonchev–Trinajstić information content (AvgIpc) is 3.40. The molecule has 0 spiro atoms. The van der Waals surface area contributed by atoms with Gasteiger partial charge in [0.25, 0.3) is 0 Å². The predicted octanol–water partition coefficient (Wildman–Crippen LogP) is 3.96. The zero-order chi connectivity index (χ0) is 19.2. The number of aromatic amines is 1. The highest BCUT2D eigenvalue weighted by Crippen LogP contribution is 2.22. The van der Waals surface area contributed by atoms with E-state index in [-0.39, 0.29) is 0 Å². The Balaban J connectivity index is 1.34. The SMILES string of the molecule is Brc1cnc(Nc2ccc(CN3CCCC3)cc2)nc1NCCc1c[nH]cn1. The summed E-state index contributed by atoms with van der Waals surface area (Å²) in [5.74, 6) is 1.33. The summed E-state index contributed by atoms with van der Waals surface area (Å²) in [7, 11) is 0. The highest BCUT2D eigenvalue weighted by atomic mass is 79.9. The van der Waals surface area contributed by atoms with Crippen LogP contribution in [0.5, 0.6) is 0 Å². The van der Waals surface area contributed by atoms with E-state index in [0.29, 0.717) is 5.95 Å². The molecule has 3 aromatic rings. The summed E-state index contributed by atoms with van der Waals surface area (Å²) in [6.07, 6.45) is 8.80. The molecule has 0 unspecified atom stereocenters. The van der Waals surface area contributed by atoms with Crippen molar-refractivity contribution in [3.63, 3.8) is 0 Å². The van der Waals surface area contributed by atoms with Crippen molar-refractivity contribution in [2.75, 3.05) is 30.3 Å². The second kappa shape index (κ2) is 9.16. The van der Waals surface area contributed by atoms with Gasteiger partial charge in [-0.05, 0) is 59.6 Å². The highest BCUT2D eigenvalue weighted by molar-refractivity contribution is 9.10. The highest BCUT2D eigenvalue weighted by Gasteiger charge is 2.11. The van der Waals surface area contributed by atoms with E-state index in [2.05, 4.69) is 75.7 Å². The molecule has 0 amide bonds. The van der Waals surface area contributed by atoms with Crippen molar-refractivity contribution >= 4 is 33.4 Å². The molecule has 0 aliphatic carbocycles. The van der Waals surface area contributed by atoms with Gasteiger partial charge in [0.15, 0.2) is 0 Å². The van der Waals surface area contributed by atoms with Crippen LogP contribution in [0.1, 0.15) is 24.1 Å². The standard InChI is InChI=1S/C20H24BrN7/c21-18-12-24-20(27-19(18)23-8-7-17-11-22-14-25-17)26-16-5-3-15(4-6-16)13-28-9-1-2-10-28/h3-6,11-12,14H,1-2,7-10,13H2,(H,22,25)(H2,23,24,26,27). The third-order valence-electron chi connectivity index (χ3n) is 4.79. The quantitative estimate of drug-likeness (QED) is 0.490. The van der Waals surface area contributed by atoms with Gasteiger partial charge in [0.2, 0.25) is 5.95 Å². The van der Waals surface area contributed by atoms with Crippen molar-refractivity contribution in [1.82, 2.24) is 24.8 Å². The van der Waals surface area contributed by atoms with Gasteiger partial charge in [-0.1, -0.05) is 12.1 Å². The fourth-order valence-corrected chi connectivity index (χ4v) is 3.64. The van der Waals surface area contributed by atoms with Gasteiger partial charge in [-0.2, -0.15) is 4.98 Å². The predicted molar refractivity (Wildman–Crippen MR) is 115 cm³/mol. The maximum Gasteiger partial charge on any atom is 0.229 e. The summed E-state index contributed by atoms with van der Waals surface area (Å²) in [5, 5.41) is 6.61. The van der Waals surface area contributed by atoms with Crippen LogP contribution < -0.4 is 10.6 Å². The molecule has 1 fully saturated rings. The third kappa shape index (κ3) is 5.08.